The van der Waals surface area contributed by atoms with Gasteiger partial charge in [-0.1, -0.05) is 41.4 Å². The van der Waals surface area contributed by atoms with Crippen LogP contribution in [0.25, 0.3) is 0 Å². The lowest BCUT2D eigenvalue weighted by Gasteiger charge is -2.25. The maximum Gasteiger partial charge on any atom is 0.119 e. The van der Waals surface area contributed by atoms with Crippen LogP contribution in [0.3, 0.4) is 0 Å². The third-order valence-electron chi connectivity index (χ3n) is 4.04. The van der Waals surface area contributed by atoms with Crippen molar-refractivity contribution < 1.29 is 14.6 Å². The molecule has 0 saturated heterocycles. The number of halogens is 1. The Kier molecular flexibility index (Phi) is 8.92. The molecule has 0 saturated carbocycles. The minimum atomic E-state index is -0.571. The van der Waals surface area contributed by atoms with Crippen molar-refractivity contribution in [2.24, 2.45) is 0 Å². The zero-order valence-electron chi connectivity index (χ0n) is 15.5. The van der Waals surface area contributed by atoms with Gasteiger partial charge in [0.15, 0.2) is 0 Å². The van der Waals surface area contributed by atoms with E-state index >= 15 is 0 Å². The monoisotopic (exact) mass is 377 g/mol. The molecule has 0 heterocycles. The highest BCUT2D eigenvalue weighted by Gasteiger charge is 2.13. The first kappa shape index (κ1) is 20.7. The molecule has 1 atom stereocenters. The number of aliphatic hydroxyl groups excluding tert-OH is 1. The summed E-state index contributed by atoms with van der Waals surface area (Å²) in [7, 11) is 1.71. The van der Waals surface area contributed by atoms with Gasteiger partial charge < -0.3 is 14.6 Å². The quantitative estimate of drug-likeness (QED) is 0.602. The van der Waals surface area contributed by atoms with Crippen LogP contribution in [-0.4, -0.2) is 49.5 Å². The van der Waals surface area contributed by atoms with Gasteiger partial charge in [-0.15, -0.1) is 0 Å². The average molecular weight is 378 g/mol. The van der Waals surface area contributed by atoms with E-state index in [9.17, 15) is 5.11 Å². The van der Waals surface area contributed by atoms with E-state index in [1.807, 2.05) is 0 Å². The number of benzene rings is 2. The van der Waals surface area contributed by atoms with Gasteiger partial charge in [-0.2, -0.15) is 0 Å². The van der Waals surface area contributed by atoms with E-state index in [1.54, 1.807) is 31.4 Å². The maximum atomic E-state index is 10.4. The summed E-state index contributed by atoms with van der Waals surface area (Å²) in [6.07, 6.45) is 0.352. The minimum Gasteiger partial charge on any atom is -0.491 e. The average Bonchev–Trinajstić information content (AvgIpc) is 2.61. The van der Waals surface area contributed by atoms with E-state index < -0.39 is 6.10 Å². The van der Waals surface area contributed by atoms with Crippen LogP contribution in [0.4, 0.5) is 0 Å². The molecule has 0 aliphatic heterocycles. The molecule has 26 heavy (non-hydrogen) atoms. The molecule has 0 fully saturated rings. The molecule has 0 spiro atoms. The minimum absolute atomic E-state index is 0.246. The molecular weight excluding hydrogens is 350 g/mol. The lowest BCUT2D eigenvalue weighted by atomic mass is 10.1. The molecule has 0 aromatic heterocycles. The van der Waals surface area contributed by atoms with E-state index in [1.165, 1.54) is 11.1 Å². The predicted molar refractivity (Wildman–Crippen MR) is 106 cm³/mol. The van der Waals surface area contributed by atoms with Gasteiger partial charge in [0.1, 0.15) is 18.5 Å². The fourth-order valence-electron chi connectivity index (χ4n) is 2.81. The van der Waals surface area contributed by atoms with Crippen LogP contribution in [0.5, 0.6) is 5.75 Å². The first-order chi connectivity index (χ1) is 12.6. The van der Waals surface area contributed by atoms with E-state index in [-0.39, 0.29) is 6.61 Å². The number of hydrogen-bond acceptors (Lipinski definition) is 4. The molecular formula is C21H28ClNO3. The highest BCUT2D eigenvalue weighted by atomic mass is 35.5. The standard InChI is InChI=1S/C21H28ClNO3/c1-17-5-3-6-18(13-17)14-23(11-4-12-25-2)15-20(24)16-26-21-9-7-19(22)8-10-21/h3,5-10,13,20,24H,4,11-12,14-16H2,1-2H3/t20-/m0/s1. The summed E-state index contributed by atoms with van der Waals surface area (Å²) in [5.74, 6) is 0.707. The SMILES string of the molecule is COCCCN(Cc1cccc(C)c1)C[C@H](O)COc1ccc(Cl)cc1. The number of aryl methyl sites for hydroxylation is 1. The number of aliphatic hydroxyl groups is 1. The largest absolute Gasteiger partial charge is 0.491 e. The van der Waals surface area contributed by atoms with Crippen molar-refractivity contribution in [1.29, 1.82) is 0 Å². The third-order valence-corrected chi connectivity index (χ3v) is 4.29. The van der Waals surface area contributed by atoms with E-state index in [2.05, 4.69) is 36.1 Å². The molecule has 1 N–H and O–H groups in total. The maximum absolute atomic E-state index is 10.4. The van der Waals surface area contributed by atoms with Gasteiger partial charge in [0, 0.05) is 38.4 Å². The fourth-order valence-corrected chi connectivity index (χ4v) is 2.94. The highest BCUT2D eigenvalue weighted by Crippen LogP contribution is 2.16. The number of ether oxygens (including phenoxy) is 2. The van der Waals surface area contributed by atoms with Crippen LogP contribution in [0.1, 0.15) is 17.5 Å². The summed E-state index contributed by atoms with van der Waals surface area (Å²) in [5, 5.41) is 11.1. The Morgan fingerprint density at radius 2 is 1.92 bits per heavy atom. The highest BCUT2D eigenvalue weighted by molar-refractivity contribution is 6.30. The predicted octanol–water partition coefficient (Wildman–Crippen LogP) is 3.93. The summed E-state index contributed by atoms with van der Waals surface area (Å²) >= 11 is 5.87. The number of rotatable bonds is 11. The number of methoxy groups -OCH3 is 1. The zero-order chi connectivity index (χ0) is 18.8. The lowest BCUT2D eigenvalue weighted by Crippen LogP contribution is -2.36. The van der Waals surface area contributed by atoms with E-state index in [0.29, 0.717) is 23.9 Å². The molecule has 0 unspecified atom stereocenters. The van der Waals surface area contributed by atoms with E-state index in [0.717, 1.165) is 19.5 Å². The van der Waals surface area contributed by atoms with Crippen LogP contribution in [-0.2, 0) is 11.3 Å². The molecule has 0 aliphatic carbocycles. The summed E-state index contributed by atoms with van der Waals surface area (Å²) in [5.41, 5.74) is 2.49. The number of hydrogen-bond donors (Lipinski definition) is 1. The second kappa shape index (κ2) is 11.2. The van der Waals surface area contributed by atoms with Crippen molar-refractivity contribution >= 4 is 11.6 Å². The lowest BCUT2D eigenvalue weighted by molar-refractivity contribution is 0.0617. The molecule has 2 rings (SSSR count). The Bertz CT molecular complexity index is 648. The molecule has 142 valence electrons. The second-order valence-electron chi connectivity index (χ2n) is 6.49. The van der Waals surface area contributed by atoms with Gasteiger partial charge in [-0.05, 0) is 43.2 Å². The van der Waals surface area contributed by atoms with Gasteiger partial charge in [-0.3, -0.25) is 4.90 Å². The Morgan fingerprint density at radius 3 is 2.62 bits per heavy atom. The summed E-state index contributed by atoms with van der Waals surface area (Å²) < 4.78 is 10.8. The normalized spacial score (nSPS) is 12.3. The van der Waals surface area contributed by atoms with Crippen LogP contribution < -0.4 is 4.74 Å². The van der Waals surface area contributed by atoms with Gasteiger partial charge in [0.05, 0.1) is 0 Å². The van der Waals surface area contributed by atoms with Crippen molar-refractivity contribution in [2.45, 2.75) is 26.0 Å². The topological polar surface area (TPSA) is 41.9 Å². The molecule has 0 aliphatic rings. The van der Waals surface area contributed by atoms with Crippen molar-refractivity contribution in [3.63, 3.8) is 0 Å². The van der Waals surface area contributed by atoms with Gasteiger partial charge in [-0.25, -0.2) is 0 Å². The molecule has 2 aromatic carbocycles. The van der Waals surface area contributed by atoms with Crippen molar-refractivity contribution in [1.82, 2.24) is 4.90 Å². The third kappa shape index (κ3) is 7.75. The van der Waals surface area contributed by atoms with Crippen molar-refractivity contribution in [3.8, 4) is 5.75 Å². The van der Waals surface area contributed by atoms with Crippen molar-refractivity contribution in [3.05, 3.63) is 64.7 Å². The van der Waals surface area contributed by atoms with Crippen molar-refractivity contribution in [2.75, 3.05) is 33.4 Å². The van der Waals surface area contributed by atoms with E-state index in [4.69, 9.17) is 21.1 Å². The summed E-state index contributed by atoms with van der Waals surface area (Å²) in [6, 6.07) is 15.6. The fraction of sp³-hybridized carbons (Fsp3) is 0.429. The molecule has 2 aromatic rings. The molecule has 0 amide bonds. The molecule has 0 radical (unpaired) electrons. The Labute approximate surface area is 161 Å². The Balaban J connectivity index is 1.88. The first-order valence-electron chi connectivity index (χ1n) is 8.90. The molecule has 0 bridgehead atoms. The van der Waals surface area contributed by atoms with Crippen LogP contribution in [0.2, 0.25) is 5.02 Å². The summed E-state index contributed by atoms with van der Waals surface area (Å²) in [4.78, 5) is 2.24. The first-order valence-corrected chi connectivity index (χ1v) is 9.28. The zero-order valence-corrected chi connectivity index (χ0v) is 16.3. The van der Waals surface area contributed by atoms with Crippen LogP contribution >= 0.6 is 11.6 Å². The molecule has 4 nitrogen and oxygen atoms in total. The second-order valence-corrected chi connectivity index (χ2v) is 6.93. The number of nitrogens with zero attached hydrogens (tertiary/aromatic N) is 1. The van der Waals surface area contributed by atoms with Gasteiger partial charge in [0.25, 0.3) is 0 Å². The smallest absolute Gasteiger partial charge is 0.119 e. The van der Waals surface area contributed by atoms with Crippen LogP contribution in [0, 0.1) is 6.92 Å². The Morgan fingerprint density at radius 1 is 1.15 bits per heavy atom. The van der Waals surface area contributed by atoms with Crippen LogP contribution in [0.15, 0.2) is 48.5 Å². The van der Waals surface area contributed by atoms with Gasteiger partial charge in [0.2, 0.25) is 0 Å². The van der Waals surface area contributed by atoms with Gasteiger partial charge >= 0.3 is 0 Å². The molecule has 5 heteroatoms. The summed E-state index contributed by atoms with van der Waals surface area (Å²) in [6.45, 7) is 5.25. The Hall–Kier alpha value is -1.59.